The summed E-state index contributed by atoms with van der Waals surface area (Å²) in [5, 5.41) is 21.1. The van der Waals surface area contributed by atoms with Crippen LogP contribution in [0.25, 0.3) is 22.6 Å². The second-order valence-electron chi connectivity index (χ2n) is 4.12. The van der Waals surface area contributed by atoms with Crippen molar-refractivity contribution in [1.82, 2.24) is 0 Å². The summed E-state index contributed by atoms with van der Waals surface area (Å²) >= 11 is 23.2. The molecule has 1 heterocycles. The number of aromatic nitrogens is 1. The molecule has 0 unspecified atom stereocenters. The molecule has 1 aliphatic heterocycles. The van der Waals surface area contributed by atoms with Gasteiger partial charge >= 0.3 is 0 Å². The highest BCUT2D eigenvalue weighted by Gasteiger charge is 2.28. The third-order valence-electron chi connectivity index (χ3n) is 2.88. The Bertz CT molecular complexity index is 937. The molecular weight excluding hydrogens is 364 g/mol. The number of hydrogen-bond acceptors (Lipinski definition) is 4. The maximum Gasteiger partial charge on any atom is 0.263 e. The highest BCUT2D eigenvalue weighted by atomic mass is 35.5. The van der Waals surface area contributed by atoms with Gasteiger partial charge in [-0.3, -0.25) is 4.79 Å². The van der Waals surface area contributed by atoms with Gasteiger partial charge in [-0.05, 0) is 0 Å². The van der Waals surface area contributed by atoms with E-state index in [4.69, 9.17) is 50.8 Å². The Balaban J connectivity index is 2.63. The van der Waals surface area contributed by atoms with Gasteiger partial charge in [0.1, 0.15) is 10.0 Å². The predicted molar refractivity (Wildman–Crippen MR) is 79.8 cm³/mol. The van der Waals surface area contributed by atoms with E-state index in [0.717, 1.165) is 6.07 Å². The number of aromatic hydroxyl groups is 1. The van der Waals surface area contributed by atoms with E-state index in [1.165, 1.54) is 6.07 Å². The van der Waals surface area contributed by atoms with Crippen molar-refractivity contribution < 1.29 is 14.3 Å². The quantitative estimate of drug-likeness (QED) is 0.372. The summed E-state index contributed by atoms with van der Waals surface area (Å²) in [5.74, 6) is -0.626. The molecule has 1 aromatic rings. The van der Waals surface area contributed by atoms with Gasteiger partial charge in [-0.2, -0.15) is 4.73 Å². The molecule has 0 saturated carbocycles. The van der Waals surface area contributed by atoms with E-state index < -0.39 is 11.2 Å². The Morgan fingerprint density at radius 2 is 1.76 bits per heavy atom. The molecule has 9 heteroatoms. The fourth-order valence-electron chi connectivity index (χ4n) is 1.88. The highest BCUT2D eigenvalue weighted by Crippen LogP contribution is 2.40. The molecule has 0 amide bonds. The summed E-state index contributed by atoms with van der Waals surface area (Å²) < 4.78 is 5.82. The average molecular weight is 367 g/mol. The second-order valence-corrected chi connectivity index (χ2v) is 5.69. The Morgan fingerprint density at radius 3 is 2.43 bits per heavy atom. The molecule has 1 aromatic carbocycles. The molecular formula is C12H3Cl4NO4. The van der Waals surface area contributed by atoms with Gasteiger partial charge in [0.25, 0.3) is 11.2 Å². The smallest absolute Gasteiger partial charge is 0.263 e. The molecule has 0 aromatic heterocycles. The van der Waals surface area contributed by atoms with Crippen LogP contribution in [0.1, 0.15) is 0 Å². The van der Waals surface area contributed by atoms with Gasteiger partial charge in [0.05, 0.1) is 10.0 Å². The minimum atomic E-state index is -0.678. The van der Waals surface area contributed by atoms with Crippen molar-refractivity contribution in [2.45, 2.75) is 0 Å². The van der Waals surface area contributed by atoms with Crippen LogP contribution in [0, 0.1) is 5.21 Å². The van der Waals surface area contributed by atoms with Crippen molar-refractivity contribution in [3.63, 3.8) is 0 Å². The largest absolute Gasteiger partial charge is 0.618 e. The molecule has 1 aliphatic carbocycles. The minimum absolute atomic E-state index is 0.0407. The zero-order valence-electron chi connectivity index (χ0n) is 9.79. The summed E-state index contributed by atoms with van der Waals surface area (Å²) in [4.78, 5) is 11.7. The second kappa shape index (κ2) is 4.81. The zero-order chi connectivity index (χ0) is 15.5. The van der Waals surface area contributed by atoms with E-state index in [1.54, 1.807) is 0 Å². The fraction of sp³-hybridized carbons (Fsp3) is 0. The van der Waals surface area contributed by atoms with Crippen LogP contribution in [-0.2, 0) is 0 Å². The summed E-state index contributed by atoms with van der Waals surface area (Å²) in [6, 6.07) is 2.32. The molecule has 0 atom stereocenters. The van der Waals surface area contributed by atoms with Crippen molar-refractivity contribution in [2.24, 2.45) is 0 Å². The molecule has 1 N–H and O–H groups in total. The normalized spacial score (nSPS) is 11.4. The summed E-state index contributed by atoms with van der Waals surface area (Å²) in [7, 11) is 0. The Labute approximate surface area is 136 Å². The molecule has 5 nitrogen and oxygen atoms in total. The van der Waals surface area contributed by atoms with Gasteiger partial charge in [-0.15, -0.1) is 0 Å². The van der Waals surface area contributed by atoms with Crippen LogP contribution in [0.3, 0.4) is 0 Å². The third kappa shape index (κ3) is 2.00. The SMILES string of the molecule is O=c1c(Cl)cc2[n+]([O-])c3cc(Cl)c(O)c(Cl)c3oc-2c1Cl. The van der Waals surface area contributed by atoms with Gasteiger partial charge in [0.15, 0.2) is 5.75 Å². The Morgan fingerprint density at radius 1 is 1.10 bits per heavy atom. The lowest BCUT2D eigenvalue weighted by Crippen LogP contribution is -2.32. The summed E-state index contributed by atoms with van der Waals surface area (Å²) in [6.07, 6.45) is 0. The van der Waals surface area contributed by atoms with Crippen LogP contribution in [0.5, 0.6) is 5.75 Å². The number of rotatable bonds is 0. The third-order valence-corrected chi connectivity index (χ3v) is 4.15. The molecule has 108 valence electrons. The van der Waals surface area contributed by atoms with E-state index in [1.807, 2.05) is 0 Å². The Kier molecular flexibility index (Phi) is 3.33. The van der Waals surface area contributed by atoms with E-state index in [-0.39, 0.29) is 42.6 Å². The topological polar surface area (TPSA) is 77.4 Å². The van der Waals surface area contributed by atoms with Crippen molar-refractivity contribution in [3.8, 4) is 17.2 Å². The van der Waals surface area contributed by atoms with Crippen molar-refractivity contribution in [2.75, 3.05) is 0 Å². The Hall–Kier alpha value is -1.40. The van der Waals surface area contributed by atoms with Crippen LogP contribution in [0.4, 0.5) is 0 Å². The molecule has 0 fully saturated rings. The maximum atomic E-state index is 12.4. The lowest BCUT2D eigenvalue weighted by molar-refractivity contribution is -0.566. The minimum Gasteiger partial charge on any atom is -0.618 e. The fourth-order valence-corrected chi connectivity index (χ4v) is 2.84. The van der Waals surface area contributed by atoms with E-state index in [9.17, 15) is 15.1 Å². The summed E-state index contributed by atoms with van der Waals surface area (Å²) in [6.45, 7) is 0. The first-order chi connectivity index (χ1) is 9.82. The van der Waals surface area contributed by atoms with Gasteiger partial charge in [-0.25, -0.2) is 0 Å². The van der Waals surface area contributed by atoms with Gasteiger partial charge in [0, 0.05) is 12.1 Å². The number of fused-ring (bicyclic) bond motifs is 2. The first-order valence-corrected chi connectivity index (χ1v) is 6.89. The molecule has 3 rings (SSSR count). The maximum absolute atomic E-state index is 12.4. The first kappa shape index (κ1) is 14.5. The van der Waals surface area contributed by atoms with E-state index in [0.29, 0.717) is 4.73 Å². The van der Waals surface area contributed by atoms with Crippen LogP contribution < -0.4 is 10.2 Å². The number of halogens is 4. The molecule has 21 heavy (non-hydrogen) atoms. The van der Waals surface area contributed by atoms with Crippen molar-refractivity contribution in [3.05, 3.63) is 47.7 Å². The van der Waals surface area contributed by atoms with Crippen molar-refractivity contribution in [1.29, 1.82) is 0 Å². The van der Waals surface area contributed by atoms with E-state index >= 15 is 0 Å². The number of hydrogen-bond donors (Lipinski definition) is 1. The lowest BCUT2D eigenvalue weighted by Gasteiger charge is -2.12. The number of phenolic OH excluding ortho intramolecular Hbond substituents is 1. The molecule has 0 bridgehead atoms. The predicted octanol–water partition coefficient (Wildman–Crippen LogP) is 3.85. The zero-order valence-corrected chi connectivity index (χ0v) is 12.8. The molecule has 0 saturated heterocycles. The number of phenols is 1. The standard InChI is InChI=1S/C12H3Cl4NO4/c13-3-1-5-11(7(15)9(3)18)21-12-6(17(5)20)2-4(14)10(19)8(12)16/h1-2,18H. The van der Waals surface area contributed by atoms with Crippen LogP contribution in [0.2, 0.25) is 20.1 Å². The van der Waals surface area contributed by atoms with Gasteiger partial charge in [-0.1, -0.05) is 46.4 Å². The van der Waals surface area contributed by atoms with E-state index in [2.05, 4.69) is 0 Å². The summed E-state index contributed by atoms with van der Waals surface area (Å²) in [5.41, 5.74) is -0.927. The average Bonchev–Trinajstić information content (AvgIpc) is 2.45. The lowest BCUT2D eigenvalue weighted by atomic mass is 10.2. The van der Waals surface area contributed by atoms with Gasteiger partial charge < -0.3 is 14.7 Å². The first-order valence-electron chi connectivity index (χ1n) is 5.38. The van der Waals surface area contributed by atoms with Crippen LogP contribution in [0.15, 0.2) is 21.3 Å². The van der Waals surface area contributed by atoms with Gasteiger partial charge in [0.2, 0.25) is 16.8 Å². The molecule has 0 radical (unpaired) electrons. The number of benzene rings is 2. The van der Waals surface area contributed by atoms with Crippen LogP contribution >= 0.6 is 46.4 Å². The van der Waals surface area contributed by atoms with Crippen molar-refractivity contribution >= 4 is 57.5 Å². The monoisotopic (exact) mass is 365 g/mol. The molecule has 0 spiro atoms. The van der Waals surface area contributed by atoms with Crippen LogP contribution in [-0.4, -0.2) is 5.11 Å². The highest BCUT2D eigenvalue weighted by molar-refractivity contribution is 6.40. The number of nitrogens with zero attached hydrogens (tertiary/aromatic N) is 1. The molecule has 2 aliphatic rings.